The van der Waals surface area contributed by atoms with Crippen LogP contribution in [0.25, 0.3) is 0 Å². The molecule has 0 bridgehead atoms. The summed E-state index contributed by atoms with van der Waals surface area (Å²) in [5.41, 5.74) is 1.83. The van der Waals surface area contributed by atoms with Gasteiger partial charge in [0.25, 0.3) is 0 Å². The third-order valence-electron chi connectivity index (χ3n) is 2.89. The Morgan fingerprint density at radius 1 is 0.947 bits per heavy atom. The van der Waals surface area contributed by atoms with Gasteiger partial charge in [0, 0.05) is 24.4 Å². The predicted octanol–water partition coefficient (Wildman–Crippen LogP) is 3.11. The fraction of sp³-hybridized carbons (Fsp3) is 0.200. The first-order valence-corrected chi connectivity index (χ1v) is 6.07. The van der Waals surface area contributed by atoms with Crippen molar-refractivity contribution < 1.29 is 13.9 Å². The van der Waals surface area contributed by atoms with Crippen molar-refractivity contribution in [3.63, 3.8) is 0 Å². The number of hydrogen-bond acceptors (Lipinski definition) is 2. The molecule has 0 spiro atoms. The van der Waals surface area contributed by atoms with E-state index in [9.17, 15) is 8.78 Å². The van der Waals surface area contributed by atoms with Gasteiger partial charge in [0.05, 0.1) is 0 Å². The minimum Gasteiger partial charge on any atom is -0.396 e. The molecule has 2 N–H and O–H groups in total. The lowest BCUT2D eigenvalue weighted by Gasteiger charge is -2.09. The predicted molar refractivity (Wildman–Crippen MR) is 70.9 cm³/mol. The molecule has 0 radical (unpaired) electrons. The van der Waals surface area contributed by atoms with Crippen LogP contribution in [0, 0.1) is 11.6 Å². The fourth-order valence-electron chi connectivity index (χ4n) is 1.81. The second kappa shape index (κ2) is 6.29. The zero-order valence-corrected chi connectivity index (χ0v) is 10.4. The SMILES string of the molecule is OCCc1ccc(NCc2c(F)cccc2F)cc1. The highest BCUT2D eigenvalue weighted by atomic mass is 19.1. The van der Waals surface area contributed by atoms with Gasteiger partial charge < -0.3 is 10.4 Å². The van der Waals surface area contributed by atoms with Crippen molar-refractivity contribution >= 4 is 5.69 Å². The number of anilines is 1. The molecular formula is C15H15F2NO. The first-order chi connectivity index (χ1) is 9.20. The lowest BCUT2D eigenvalue weighted by Crippen LogP contribution is -2.04. The Hall–Kier alpha value is -1.94. The zero-order valence-electron chi connectivity index (χ0n) is 10.4. The highest BCUT2D eigenvalue weighted by Crippen LogP contribution is 2.15. The molecule has 0 saturated carbocycles. The van der Waals surface area contributed by atoms with Gasteiger partial charge in [0.2, 0.25) is 0 Å². The highest BCUT2D eigenvalue weighted by Gasteiger charge is 2.07. The fourth-order valence-corrected chi connectivity index (χ4v) is 1.81. The Morgan fingerprint density at radius 3 is 2.16 bits per heavy atom. The maximum Gasteiger partial charge on any atom is 0.131 e. The minimum atomic E-state index is -0.551. The molecule has 2 aromatic rings. The van der Waals surface area contributed by atoms with Crippen LogP contribution in [0.15, 0.2) is 42.5 Å². The molecule has 2 rings (SSSR count). The summed E-state index contributed by atoms with van der Waals surface area (Å²) in [4.78, 5) is 0. The summed E-state index contributed by atoms with van der Waals surface area (Å²) in [5, 5.41) is 11.8. The summed E-state index contributed by atoms with van der Waals surface area (Å²) in [5.74, 6) is -1.10. The van der Waals surface area contributed by atoms with Crippen LogP contribution in [0.2, 0.25) is 0 Å². The molecule has 100 valence electrons. The van der Waals surface area contributed by atoms with Crippen LogP contribution in [-0.4, -0.2) is 11.7 Å². The summed E-state index contributed by atoms with van der Waals surface area (Å²) >= 11 is 0. The summed E-state index contributed by atoms with van der Waals surface area (Å²) in [6.45, 7) is 0.199. The van der Waals surface area contributed by atoms with E-state index in [0.717, 1.165) is 11.3 Å². The molecule has 0 aromatic heterocycles. The number of nitrogens with one attached hydrogen (secondary N) is 1. The van der Waals surface area contributed by atoms with Crippen molar-refractivity contribution in [2.75, 3.05) is 11.9 Å². The average Bonchev–Trinajstić information content (AvgIpc) is 2.40. The molecule has 0 aliphatic heterocycles. The first-order valence-electron chi connectivity index (χ1n) is 6.07. The van der Waals surface area contributed by atoms with E-state index in [1.54, 1.807) is 0 Å². The monoisotopic (exact) mass is 263 g/mol. The number of benzene rings is 2. The van der Waals surface area contributed by atoms with E-state index < -0.39 is 11.6 Å². The number of hydrogen-bond donors (Lipinski definition) is 2. The first kappa shape index (κ1) is 13.5. The summed E-state index contributed by atoms with van der Waals surface area (Å²) in [6.07, 6.45) is 0.599. The van der Waals surface area contributed by atoms with Gasteiger partial charge in [-0.3, -0.25) is 0 Å². The second-order valence-electron chi connectivity index (χ2n) is 4.22. The maximum absolute atomic E-state index is 13.4. The van der Waals surface area contributed by atoms with Crippen LogP contribution in [0.1, 0.15) is 11.1 Å². The van der Waals surface area contributed by atoms with Crippen molar-refractivity contribution in [1.29, 1.82) is 0 Å². The topological polar surface area (TPSA) is 32.3 Å². The quantitative estimate of drug-likeness (QED) is 0.868. The Labute approximate surface area is 110 Å². The van der Waals surface area contributed by atoms with Gasteiger partial charge >= 0.3 is 0 Å². The van der Waals surface area contributed by atoms with Gasteiger partial charge in [-0.15, -0.1) is 0 Å². The molecule has 0 fully saturated rings. The van der Waals surface area contributed by atoms with E-state index in [0.29, 0.717) is 6.42 Å². The van der Waals surface area contributed by atoms with Crippen molar-refractivity contribution in [3.8, 4) is 0 Å². The average molecular weight is 263 g/mol. The molecule has 0 saturated heterocycles. The smallest absolute Gasteiger partial charge is 0.131 e. The van der Waals surface area contributed by atoms with E-state index in [-0.39, 0.29) is 18.7 Å². The van der Waals surface area contributed by atoms with Gasteiger partial charge in [0.15, 0.2) is 0 Å². The summed E-state index contributed by atoms with van der Waals surface area (Å²) in [6, 6.07) is 11.2. The number of halogens is 2. The van der Waals surface area contributed by atoms with Crippen molar-refractivity contribution in [3.05, 3.63) is 65.2 Å². The van der Waals surface area contributed by atoms with E-state index in [1.807, 2.05) is 24.3 Å². The molecule has 19 heavy (non-hydrogen) atoms. The third-order valence-corrected chi connectivity index (χ3v) is 2.89. The molecule has 4 heteroatoms. The second-order valence-corrected chi connectivity index (χ2v) is 4.22. The van der Waals surface area contributed by atoms with Gasteiger partial charge in [-0.05, 0) is 36.2 Å². The number of rotatable bonds is 5. The van der Waals surface area contributed by atoms with Crippen molar-refractivity contribution in [2.45, 2.75) is 13.0 Å². The van der Waals surface area contributed by atoms with Crippen LogP contribution in [0.5, 0.6) is 0 Å². The number of aliphatic hydroxyl groups excluding tert-OH is 1. The molecule has 0 heterocycles. The molecule has 0 atom stereocenters. The lowest BCUT2D eigenvalue weighted by molar-refractivity contribution is 0.299. The molecular weight excluding hydrogens is 248 g/mol. The number of aliphatic hydroxyl groups is 1. The van der Waals surface area contributed by atoms with Crippen LogP contribution >= 0.6 is 0 Å². The molecule has 2 aromatic carbocycles. The van der Waals surface area contributed by atoms with Crippen LogP contribution in [-0.2, 0) is 13.0 Å². The minimum absolute atomic E-state index is 0.0296. The Bertz CT molecular complexity index is 520. The Balaban J connectivity index is 2.02. The maximum atomic E-state index is 13.4. The van der Waals surface area contributed by atoms with E-state index >= 15 is 0 Å². The normalized spacial score (nSPS) is 10.5. The molecule has 0 unspecified atom stereocenters. The molecule has 0 aliphatic rings. The highest BCUT2D eigenvalue weighted by molar-refractivity contribution is 5.45. The largest absolute Gasteiger partial charge is 0.396 e. The van der Waals surface area contributed by atoms with Gasteiger partial charge in [0.1, 0.15) is 11.6 Å². The van der Waals surface area contributed by atoms with Crippen molar-refractivity contribution in [2.24, 2.45) is 0 Å². The third kappa shape index (κ3) is 3.51. The van der Waals surface area contributed by atoms with E-state index in [4.69, 9.17) is 5.11 Å². The van der Waals surface area contributed by atoms with Crippen LogP contribution in [0.4, 0.5) is 14.5 Å². The van der Waals surface area contributed by atoms with Crippen LogP contribution < -0.4 is 5.32 Å². The molecule has 2 nitrogen and oxygen atoms in total. The van der Waals surface area contributed by atoms with E-state index in [2.05, 4.69) is 5.32 Å². The lowest BCUT2D eigenvalue weighted by atomic mass is 10.1. The van der Waals surface area contributed by atoms with Gasteiger partial charge in [-0.2, -0.15) is 0 Å². The van der Waals surface area contributed by atoms with E-state index in [1.165, 1.54) is 18.2 Å². The standard InChI is InChI=1S/C15H15F2NO/c16-14-2-1-3-15(17)13(14)10-18-12-6-4-11(5-7-12)8-9-19/h1-7,18-19H,8-10H2. The van der Waals surface area contributed by atoms with Gasteiger partial charge in [-0.25, -0.2) is 8.78 Å². The Morgan fingerprint density at radius 2 is 1.58 bits per heavy atom. The van der Waals surface area contributed by atoms with Crippen LogP contribution in [0.3, 0.4) is 0 Å². The Kier molecular flexibility index (Phi) is 4.47. The van der Waals surface area contributed by atoms with Crippen molar-refractivity contribution in [1.82, 2.24) is 0 Å². The molecule has 0 aliphatic carbocycles. The molecule has 0 amide bonds. The summed E-state index contributed by atoms with van der Waals surface area (Å²) < 4.78 is 26.8. The summed E-state index contributed by atoms with van der Waals surface area (Å²) in [7, 11) is 0. The zero-order chi connectivity index (χ0) is 13.7. The van der Waals surface area contributed by atoms with Gasteiger partial charge in [-0.1, -0.05) is 18.2 Å².